The molecular formula is C20H22N6O3. The molecule has 9 nitrogen and oxygen atoms in total. The minimum atomic E-state index is -0.302. The number of carbonyl (C=O) groups excluding carboxylic acids is 2. The van der Waals surface area contributed by atoms with E-state index in [1.807, 2.05) is 30.3 Å². The van der Waals surface area contributed by atoms with Crippen LogP contribution in [0.4, 0.5) is 0 Å². The smallest absolute Gasteiger partial charge is 0.269 e. The highest BCUT2D eigenvalue weighted by atomic mass is 16.5. The molecule has 0 radical (unpaired) electrons. The third-order valence-electron chi connectivity index (χ3n) is 5.34. The Labute approximate surface area is 167 Å². The number of amides is 2. The van der Waals surface area contributed by atoms with Gasteiger partial charge in [-0.2, -0.15) is 4.98 Å². The Morgan fingerprint density at radius 3 is 2.69 bits per heavy atom. The molecule has 2 aromatic heterocycles. The first-order valence-electron chi connectivity index (χ1n) is 9.44. The van der Waals surface area contributed by atoms with E-state index in [2.05, 4.69) is 25.8 Å². The molecule has 1 aliphatic rings. The van der Waals surface area contributed by atoms with E-state index in [1.165, 1.54) is 6.20 Å². The summed E-state index contributed by atoms with van der Waals surface area (Å²) in [7, 11) is 3.37. The van der Waals surface area contributed by atoms with Gasteiger partial charge in [0.1, 0.15) is 5.69 Å². The minimum absolute atomic E-state index is 0.0601. The van der Waals surface area contributed by atoms with Crippen LogP contribution in [0.5, 0.6) is 0 Å². The molecule has 3 aromatic rings. The molecule has 9 heteroatoms. The number of aryl methyl sites for hydroxylation is 1. The molecule has 1 fully saturated rings. The van der Waals surface area contributed by atoms with Crippen molar-refractivity contribution in [1.29, 1.82) is 0 Å². The molecule has 2 N–H and O–H groups in total. The van der Waals surface area contributed by atoms with Crippen molar-refractivity contribution in [2.45, 2.75) is 24.8 Å². The van der Waals surface area contributed by atoms with E-state index in [0.717, 1.165) is 5.56 Å². The highest BCUT2D eigenvalue weighted by molar-refractivity contribution is 5.92. The lowest BCUT2D eigenvalue weighted by atomic mass is 10.0. The molecular weight excluding hydrogens is 372 g/mol. The topological polar surface area (TPSA) is 115 Å². The molecule has 0 aliphatic heterocycles. The predicted molar refractivity (Wildman–Crippen MR) is 104 cm³/mol. The number of rotatable bonds is 5. The van der Waals surface area contributed by atoms with Crippen LogP contribution in [0.3, 0.4) is 0 Å². The van der Waals surface area contributed by atoms with Crippen LogP contribution in [-0.2, 0) is 11.8 Å². The van der Waals surface area contributed by atoms with Gasteiger partial charge in [-0.15, -0.1) is 0 Å². The van der Waals surface area contributed by atoms with Gasteiger partial charge in [-0.3, -0.25) is 9.59 Å². The minimum Gasteiger partial charge on any atom is -0.359 e. The SMILES string of the molecule is CNC(=O)[C@H]1C[C@H](NC(=O)c2cncn2C)[C@H](c2nc(-c3ccccc3)no2)C1. The van der Waals surface area contributed by atoms with Crippen molar-refractivity contribution >= 4 is 11.8 Å². The molecule has 1 aromatic carbocycles. The summed E-state index contributed by atoms with van der Waals surface area (Å²) >= 11 is 0. The Kier molecular flexibility index (Phi) is 5.11. The monoisotopic (exact) mass is 394 g/mol. The molecule has 29 heavy (non-hydrogen) atoms. The molecule has 0 unspecified atom stereocenters. The number of imidazole rings is 1. The Morgan fingerprint density at radius 1 is 1.21 bits per heavy atom. The largest absolute Gasteiger partial charge is 0.359 e. The molecule has 150 valence electrons. The van der Waals surface area contributed by atoms with Gasteiger partial charge in [-0.25, -0.2) is 4.98 Å². The van der Waals surface area contributed by atoms with Gasteiger partial charge in [-0.1, -0.05) is 35.5 Å². The van der Waals surface area contributed by atoms with Gasteiger partial charge in [0.05, 0.1) is 18.4 Å². The highest BCUT2D eigenvalue weighted by Gasteiger charge is 2.42. The van der Waals surface area contributed by atoms with E-state index in [4.69, 9.17) is 4.52 Å². The van der Waals surface area contributed by atoms with E-state index in [-0.39, 0.29) is 29.7 Å². The van der Waals surface area contributed by atoms with Gasteiger partial charge in [0, 0.05) is 31.6 Å². The Morgan fingerprint density at radius 2 is 2.00 bits per heavy atom. The summed E-state index contributed by atoms with van der Waals surface area (Å²) in [4.78, 5) is 33.4. The van der Waals surface area contributed by atoms with Crippen LogP contribution < -0.4 is 10.6 Å². The summed E-state index contributed by atoms with van der Waals surface area (Å²) in [6.07, 6.45) is 4.09. The fourth-order valence-electron chi connectivity index (χ4n) is 3.80. The van der Waals surface area contributed by atoms with Gasteiger partial charge < -0.3 is 19.7 Å². The normalized spacial score (nSPS) is 21.1. The number of carbonyl (C=O) groups is 2. The second kappa shape index (κ2) is 7.86. The second-order valence-corrected chi connectivity index (χ2v) is 7.18. The van der Waals surface area contributed by atoms with E-state index < -0.39 is 0 Å². The van der Waals surface area contributed by atoms with Crippen molar-refractivity contribution in [2.75, 3.05) is 7.05 Å². The molecule has 1 saturated carbocycles. The number of benzene rings is 1. The zero-order chi connectivity index (χ0) is 20.4. The van der Waals surface area contributed by atoms with E-state index in [0.29, 0.717) is 30.3 Å². The first kappa shape index (κ1) is 18.9. The number of hydrogen-bond acceptors (Lipinski definition) is 6. The quantitative estimate of drug-likeness (QED) is 0.678. The highest BCUT2D eigenvalue weighted by Crippen LogP contribution is 2.38. The molecule has 2 heterocycles. The van der Waals surface area contributed by atoms with Gasteiger partial charge >= 0.3 is 0 Å². The van der Waals surface area contributed by atoms with Gasteiger partial charge in [-0.05, 0) is 12.8 Å². The third kappa shape index (κ3) is 3.75. The van der Waals surface area contributed by atoms with Crippen molar-refractivity contribution in [3.05, 3.63) is 54.4 Å². The lowest BCUT2D eigenvalue weighted by molar-refractivity contribution is -0.124. The van der Waals surface area contributed by atoms with Crippen LogP contribution >= 0.6 is 0 Å². The predicted octanol–water partition coefficient (Wildman–Crippen LogP) is 1.51. The van der Waals surface area contributed by atoms with Gasteiger partial charge in [0.25, 0.3) is 5.91 Å². The standard InChI is InChI=1S/C20H22N6O3/c1-21-18(27)13-8-14(15(9-13)23-19(28)16-10-22-11-26(16)2)20-24-17(25-29-20)12-6-4-3-5-7-12/h3-7,10-11,13-15H,8-9H2,1-2H3,(H,21,27)(H,23,28)/t13-,14-,15+/m1/s1. The molecule has 0 bridgehead atoms. The fraction of sp³-hybridized carbons (Fsp3) is 0.350. The molecule has 4 rings (SSSR count). The number of nitrogens with zero attached hydrogens (tertiary/aromatic N) is 4. The van der Waals surface area contributed by atoms with Gasteiger partial charge in [0.15, 0.2) is 0 Å². The summed E-state index contributed by atoms with van der Waals surface area (Å²) in [5.41, 5.74) is 1.29. The zero-order valence-electron chi connectivity index (χ0n) is 16.2. The lowest BCUT2D eigenvalue weighted by Gasteiger charge is -2.17. The summed E-state index contributed by atoms with van der Waals surface area (Å²) in [6.45, 7) is 0. The molecule has 1 aliphatic carbocycles. The van der Waals surface area contributed by atoms with Crippen molar-refractivity contribution in [3.63, 3.8) is 0 Å². The van der Waals surface area contributed by atoms with Crippen molar-refractivity contribution in [3.8, 4) is 11.4 Å². The lowest BCUT2D eigenvalue weighted by Crippen LogP contribution is -2.38. The van der Waals surface area contributed by atoms with Crippen LogP contribution in [-0.4, -0.2) is 44.6 Å². The zero-order valence-corrected chi connectivity index (χ0v) is 16.2. The number of aromatic nitrogens is 4. The maximum absolute atomic E-state index is 12.7. The molecule has 3 atom stereocenters. The fourth-order valence-corrected chi connectivity index (χ4v) is 3.80. The Balaban J connectivity index is 1.58. The van der Waals surface area contributed by atoms with Crippen LogP contribution in [0, 0.1) is 5.92 Å². The summed E-state index contributed by atoms with van der Waals surface area (Å²) in [5.74, 6) is 0.107. The average molecular weight is 394 g/mol. The summed E-state index contributed by atoms with van der Waals surface area (Å²) < 4.78 is 7.18. The van der Waals surface area contributed by atoms with Crippen LogP contribution in [0.25, 0.3) is 11.4 Å². The van der Waals surface area contributed by atoms with Crippen LogP contribution in [0.1, 0.15) is 35.1 Å². The van der Waals surface area contributed by atoms with Crippen molar-refractivity contribution in [2.24, 2.45) is 13.0 Å². The number of hydrogen-bond donors (Lipinski definition) is 2. The maximum atomic E-state index is 12.7. The summed E-state index contributed by atoms with van der Waals surface area (Å²) in [6, 6.07) is 9.22. The second-order valence-electron chi connectivity index (χ2n) is 7.18. The summed E-state index contributed by atoms with van der Waals surface area (Å²) in [5, 5.41) is 9.79. The molecule has 2 amide bonds. The van der Waals surface area contributed by atoms with E-state index in [1.54, 1.807) is 25.0 Å². The number of nitrogens with one attached hydrogen (secondary N) is 2. The van der Waals surface area contributed by atoms with E-state index >= 15 is 0 Å². The van der Waals surface area contributed by atoms with Crippen molar-refractivity contribution in [1.82, 2.24) is 30.3 Å². The Hall–Kier alpha value is -3.49. The first-order chi connectivity index (χ1) is 14.1. The molecule has 0 saturated heterocycles. The third-order valence-corrected chi connectivity index (χ3v) is 5.34. The maximum Gasteiger partial charge on any atom is 0.269 e. The Bertz CT molecular complexity index is 1010. The van der Waals surface area contributed by atoms with Crippen LogP contribution in [0.15, 0.2) is 47.4 Å². The molecule has 0 spiro atoms. The van der Waals surface area contributed by atoms with E-state index in [9.17, 15) is 9.59 Å². The first-order valence-corrected chi connectivity index (χ1v) is 9.44. The van der Waals surface area contributed by atoms with Crippen LogP contribution in [0.2, 0.25) is 0 Å². The van der Waals surface area contributed by atoms with Gasteiger partial charge in [0.2, 0.25) is 17.6 Å². The average Bonchev–Trinajstić information content (AvgIpc) is 3.47. The van der Waals surface area contributed by atoms with Crippen molar-refractivity contribution < 1.29 is 14.1 Å².